The molecule has 0 spiro atoms. The Morgan fingerprint density at radius 2 is 1.93 bits per heavy atom. The highest BCUT2D eigenvalue weighted by Crippen LogP contribution is 2.36. The quantitative estimate of drug-likeness (QED) is 0.662. The van der Waals surface area contributed by atoms with Crippen molar-refractivity contribution in [3.8, 4) is 17.2 Å². The second-order valence-corrected chi connectivity index (χ2v) is 7.92. The fraction of sp³-hybridized carbons (Fsp3) is 0.261. The Kier molecular flexibility index (Phi) is 4.40. The molecule has 1 saturated heterocycles. The molecule has 0 radical (unpaired) electrons. The molecule has 0 N–H and O–H groups in total. The van der Waals surface area contributed by atoms with Crippen LogP contribution >= 0.6 is 0 Å². The zero-order valence-corrected chi connectivity index (χ0v) is 16.2. The Hall–Kier alpha value is -3.79. The molecule has 2 aromatic heterocycles. The van der Waals surface area contributed by atoms with E-state index in [1.165, 1.54) is 6.33 Å². The predicted octanol–water partition coefficient (Wildman–Crippen LogP) is 2.44. The van der Waals surface area contributed by atoms with Gasteiger partial charge >= 0.3 is 0 Å². The number of nitriles is 1. The van der Waals surface area contributed by atoms with Gasteiger partial charge in [-0.25, -0.2) is 9.97 Å². The summed E-state index contributed by atoms with van der Waals surface area (Å²) in [5.74, 6) is 0.285. The van der Waals surface area contributed by atoms with Crippen LogP contribution in [-0.4, -0.2) is 38.4 Å². The van der Waals surface area contributed by atoms with Gasteiger partial charge in [-0.15, -0.1) is 0 Å². The van der Waals surface area contributed by atoms with Crippen molar-refractivity contribution in [1.82, 2.24) is 19.4 Å². The van der Waals surface area contributed by atoms with Crippen LogP contribution in [0.15, 0.2) is 59.9 Å². The van der Waals surface area contributed by atoms with Crippen LogP contribution in [-0.2, 0) is 6.54 Å². The number of aromatic nitrogens is 3. The van der Waals surface area contributed by atoms with Gasteiger partial charge in [0.25, 0.3) is 11.5 Å². The molecule has 2 unspecified atom stereocenters. The summed E-state index contributed by atoms with van der Waals surface area (Å²) >= 11 is 0. The van der Waals surface area contributed by atoms with E-state index in [9.17, 15) is 9.59 Å². The molecule has 4 heterocycles. The highest BCUT2D eigenvalue weighted by molar-refractivity contribution is 5.93. The summed E-state index contributed by atoms with van der Waals surface area (Å²) in [7, 11) is 0. The van der Waals surface area contributed by atoms with Gasteiger partial charge in [0, 0.05) is 49.2 Å². The summed E-state index contributed by atoms with van der Waals surface area (Å²) in [4.78, 5) is 35.9. The van der Waals surface area contributed by atoms with Crippen molar-refractivity contribution in [2.75, 3.05) is 13.1 Å². The first-order valence-corrected chi connectivity index (χ1v) is 9.92. The second kappa shape index (κ2) is 7.23. The Balaban J connectivity index is 1.48. The van der Waals surface area contributed by atoms with E-state index >= 15 is 0 Å². The molecule has 1 fully saturated rings. The van der Waals surface area contributed by atoms with Gasteiger partial charge in [0.1, 0.15) is 6.33 Å². The van der Waals surface area contributed by atoms with Crippen LogP contribution in [0.25, 0.3) is 11.1 Å². The largest absolute Gasteiger partial charge is 0.338 e. The first-order valence-electron chi connectivity index (χ1n) is 9.92. The third-order valence-electron chi connectivity index (χ3n) is 6.00. The lowest BCUT2D eigenvalue weighted by Gasteiger charge is -2.42. The second-order valence-electron chi connectivity index (χ2n) is 7.92. The number of fused-ring (bicyclic) bond motifs is 4. The number of carbonyl (C=O) groups is 1. The zero-order valence-electron chi connectivity index (χ0n) is 16.2. The Bertz CT molecular complexity index is 1230. The first-order chi connectivity index (χ1) is 14.6. The number of piperidine rings is 1. The molecule has 2 bridgehead atoms. The lowest BCUT2D eigenvalue weighted by Crippen LogP contribution is -2.49. The highest BCUT2D eigenvalue weighted by Gasteiger charge is 2.37. The molecule has 3 aromatic rings. The van der Waals surface area contributed by atoms with Crippen molar-refractivity contribution < 1.29 is 4.79 Å². The molecule has 2 aliphatic rings. The van der Waals surface area contributed by atoms with Gasteiger partial charge < -0.3 is 9.47 Å². The summed E-state index contributed by atoms with van der Waals surface area (Å²) in [5, 5.41) is 9.16. The number of hydrogen-bond donors (Lipinski definition) is 0. The predicted molar refractivity (Wildman–Crippen MR) is 110 cm³/mol. The molecule has 2 aliphatic heterocycles. The third-order valence-corrected chi connectivity index (χ3v) is 6.00. The molecule has 5 rings (SSSR count). The third kappa shape index (κ3) is 3.07. The number of hydrogen-bond acceptors (Lipinski definition) is 5. The topological polar surface area (TPSA) is 91.9 Å². The normalized spacial score (nSPS) is 19.6. The van der Waals surface area contributed by atoms with Gasteiger partial charge in [0.05, 0.1) is 17.2 Å². The van der Waals surface area contributed by atoms with Crippen molar-refractivity contribution in [3.63, 3.8) is 0 Å². The van der Waals surface area contributed by atoms with Crippen molar-refractivity contribution >= 4 is 5.91 Å². The molecule has 1 amide bonds. The number of carbonyl (C=O) groups excluding carboxylic acids is 1. The van der Waals surface area contributed by atoms with Gasteiger partial charge in [-0.3, -0.25) is 9.59 Å². The molecule has 2 atom stereocenters. The number of amides is 1. The summed E-state index contributed by atoms with van der Waals surface area (Å²) in [5.41, 5.74) is 3.32. The fourth-order valence-corrected chi connectivity index (χ4v) is 4.68. The highest BCUT2D eigenvalue weighted by atomic mass is 16.2. The van der Waals surface area contributed by atoms with E-state index in [0.29, 0.717) is 36.3 Å². The van der Waals surface area contributed by atoms with Crippen LogP contribution in [0.4, 0.5) is 0 Å². The summed E-state index contributed by atoms with van der Waals surface area (Å²) in [6.45, 7) is 1.78. The van der Waals surface area contributed by atoms with Gasteiger partial charge in [-0.2, -0.15) is 5.26 Å². The van der Waals surface area contributed by atoms with Crippen LogP contribution in [0.1, 0.15) is 34.0 Å². The van der Waals surface area contributed by atoms with Crippen molar-refractivity contribution in [2.45, 2.75) is 18.9 Å². The average Bonchev–Trinajstić information content (AvgIpc) is 2.80. The molecule has 148 valence electrons. The van der Waals surface area contributed by atoms with Crippen molar-refractivity contribution in [2.24, 2.45) is 5.92 Å². The van der Waals surface area contributed by atoms with Crippen LogP contribution < -0.4 is 5.56 Å². The van der Waals surface area contributed by atoms with Crippen LogP contribution in [0.5, 0.6) is 0 Å². The zero-order chi connectivity index (χ0) is 20.7. The average molecular weight is 397 g/mol. The molecular weight excluding hydrogens is 378 g/mol. The summed E-state index contributed by atoms with van der Waals surface area (Å²) in [6, 6.07) is 13.1. The Morgan fingerprint density at radius 1 is 1.10 bits per heavy atom. The minimum atomic E-state index is -0.0639. The lowest BCUT2D eigenvalue weighted by atomic mass is 9.82. The van der Waals surface area contributed by atoms with E-state index < -0.39 is 0 Å². The van der Waals surface area contributed by atoms with E-state index in [1.54, 1.807) is 30.6 Å². The maximum absolute atomic E-state index is 13.3. The SMILES string of the molecule is N#Cc1cccc(-c2ccc3n(c2=O)CC2CC3CN(C(=O)c3cncnc3)C2)c1. The standard InChI is InChI=1S/C23H19N5O2/c24-8-15-2-1-3-17(6-15)20-4-5-21-18-7-16(12-28(21)23(20)30)11-27(13-18)22(29)19-9-25-14-26-10-19/h1-6,9-10,14,16,18H,7,11-13H2. The van der Waals surface area contributed by atoms with Gasteiger partial charge in [-0.1, -0.05) is 12.1 Å². The monoisotopic (exact) mass is 397 g/mol. The maximum atomic E-state index is 13.3. The molecule has 0 saturated carbocycles. The number of nitrogens with zero attached hydrogens (tertiary/aromatic N) is 5. The maximum Gasteiger partial charge on any atom is 0.258 e. The van der Waals surface area contributed by atoms with E-state index in [4.69, 9.17) is 5.26 Å². The smallest absolute Gasteiger partial charge is 0.258 e. The molecule has 7 nitrogen and oxygen atoms in total. The fourth-order valence-electron chi connectivity index (χ4n) is 4.68. The Labute approximate surface area is 173 Å². The summed E-state index contributed by atoms with van der Waals surface area (Å²) < 4.78 is 1.86. The van der Waals surface area contributed by atoms with Crippen LogP contribution in [0.2, 0.25) is 0 Å². The molecule has 0 aliphatic carbocycles. The molecule has 7 heteroatoms. The number of benzene rings is 1. The van der Waals surface area contributed by atoms with Crippen LogP contribution in [0.3, 0.4) is 0 Å². The minimum absolute atomic E-state index is 0.0338. The van der Waals surface area contributed by atoms with Gasteiger partial charge in [0.2, 0.25) is 0 Å². The van der Waals surface area contributed by atoms with Crippen molar-refractivity contribution in [1.29, 1.82) is 5.26 Å². The van der Waals surface area contributed by atoms with Gasteiger partial charge in [0.15, 0.2) is 0 Å². The van der Waals surface area contributed by atoms with E-state index in [0.717, 1.165) is 17.7 Å². The minimum Gasteiger partial charge on any atom is -0.338 e. The lowest BCUT2D eigenvalue weighted by molar-refractivity contribution is 0.0594. The number of pyridine rings is 1. The Morgan fingerprint density at radius 3 is 2.73 bits per heavy atom. The molecule has 1 aromatic carbocycles. The molecule has 30 heavy (non-hydrogen) atoms. The first kappa shape index (κ1) is 18.3. The molecular formula is C23H19N5O2. The summed E-state index contributed by atoms with van der Waals surface area (Å²) in [6.07, 6.45) is 5.46. The van der Waals surface area contributed by atoms with E-state index in [1.807, 2.05) is 27.7 Å². The number of likely N-dealkylation sites (tertiary alicyclic amines) is 1. The number of rotatable bonds is 2. The van der Waals surface area contributed by atoms with E-state index in [2.05, 4.69) is 16.0 Å². The van der Waals surface area contributed by atoms with E-state index in [-0.39, 0.29) is 23.3 Å². The van der Waals surface area contributed by atoms with Crippen molar-refractivity contribution in [3.05, 3.63) is 82.3 Å². The van der Waals surface area contributed by atoms with Gasteiger partial charge in [-0.05, 0) is 42.2 Å². The van der Waals surface area contributed by atoms with Crippen LogP contribution in [0, 0.1) is 17.2 Å².